The maximum absolute atomic E-state index is 6.00. The Kier molecular flexibility index (Phi) is 5.12. The molecule has 0 bridgehead atoms. The quantitative estimate of drug-likeness (QED) is 0.716. The van der Waals surface area contributed by atoms with Crippen LogP contribution < -0.4 is 3.79 Å². The van der Waals surface area contributed by atoms with Gasteiger partial charge in [0.2, 0.25) is 0 Å². The van der Waals surface area contributed by atoms with Crippen molar-refractivity contribution >= 4 is 37.7 Å². The molecule has 76 valence electrons. The fourth-order valence-electron chi connectivity index (χ4n) is 1.22. The summed E-state index contributed by atoms with van der Waals surface area (Å²) in [4.78, 5) is 0. The van der Waals surface area contributed by atoms with E-state index in [1.165, 1.54) is 0 Å². The summed E-state index contributed by atoms with van der Waals surface area (Å²) in [6.07, 6.45) is 0. The molecule has 0 amide bonds. The van der Waals surface area contributed by atoms with E-state index in [0.717, 1.165) is 10.6 Å². The number of hydrogen-bond donors (Lipinski definition) is 0. The van der Waals surface area contributed by atoms with E-state index in [1.54, 1.807) is 12.1 Å². The van der Waals surface area contributed by atoms with Crippen LogP contribution >= 0.6 is 23.2 Å². The highest BCUT2D eigenvalue weighted by Gasteiger charge is 2.20. The van der Waals surface area contributed by atoms with Crippen molar-refractivity contribution in [3.05, 3.63) is 28.2 Å². The van der Waals surface area contributed by atoms with Gasteiger partial charge < -0.3 is 3.79 Å². The van der Waals surface area contributed by atoms with Crippen LogP contribution in [0.4, 0.5) is 0 Å². The van der Waals surface area contributed by atoms with E-state index < -0.39 is 14.5 Å². The molecule has 0 aliphatic heterocycles. The molecule has 0 N–H and O–H groups in total. The second kappa shape index (κ2) is 5.88. The molecule has 14 heavy (non-hydrogen) atoms. The fourth-order valence-corrected chi connectivity index (χ4v) is 3.35. The van der Waals surface area contributed by atoms with Gasteiger partial charge >= 0.3 is 14.5 Å². The Labute approximate surface area is 99.7 Å². The maximum Gasteiger partial charge on any atom is 0.546 e. The number of rotatable bonds is 4. The minimum absolute atomic E-state index is 0.608. The van der Waals surface area contributed by atoms with Gasteiger partial charge in [-0.1, -0.05) is 53.7 Å². The van der Waals surface area contributed by atoms with Crippen LogP contribution in [0.25, 0.3) is 0 Å². The van der Waals surface area contributed by atoms with Crippen LogP contribution in [-0.2, 0) is 0 Å². The lowest BCUT2D eigenvalue weighted by Gasteiger charge is -2.14. The molecule has 0 heterocycles. The third-order valence-corrected chi connectivity index (χ3v) is 5.10. The summed E-state index contributed by atoms with van der Waals surface area (Å²) in [6.45, 7) is 4.29. The van der Waals surface area contributed by atoms with Gasteiger partial charge in [-0.2, -0.15) is 0 Å². The smallest absolute Gasteiger partial charge is 0.546 e. The molecular weight excluding hydrogens is 234 g/mol. The summed E-state index contributed by atoms with van der Waals surface area (Å²) < 4.78 is 5.85. The molecule has 1 nitrogen and oxygen atoms in total. The molecule has 1 aromatic carbocycles. The highest BCUT2D eigenvalue weighted by molar-refractivity contribution is 6.53. The molecule has 1 aromatic rings. The van der Waals surface area contributed by atoms with Gasteiger partial charge in [0.1, 0.15) is 5.75 Å². The Morgan fingerprint density at radius 1 is 1.14 bits per heavy atom. The molecule has 0 aromatic heterocycles. The fraction of sp³-hybridized carbons (Fsp3) is 0.400. The van der Waals surface area contributed by atoms with E-state index in [-0.39, 0.29) is 0 Å². The van der Waals surface area contributed by atoms with Crippen molar-refractivity contribution in [2.45, 2.75) is 24.4 Å². The first-order chi connectivity index (χ1) is 6.69. The average molecular weight is 247 g/mol. The Balaban J connectivity index is 2.84. The van der Waals surface area contributed by atoms with Gasteiger partial charge in [-0.15, -0.1) is 0 Å². The second-order valence-electron chi connectivity index (χ2n) is 3.11. The molecule has 1 rings (SSSR count). The first-order valence-electron chi connectivity index (χ1n) is 4.79. The van der Waals surface area contributed by atoms with Crippen LogP contribution in [0.5, 0.6) is 5.75 Å². The molecular formula is C10H13AlCl2O. The van der Waals surface area contributed by atoms with Crippen LogP contribution in [-0.4, -0.2) is 14.5 Å². The van der Waals surface area contributed by atoms with Gasteiger partial charge in [-0.3, -0.25) is 0 Å². The first kappa shape index (κ1) is 12.2. The topological polar surface area (TPSA) is 9.23 Å². The summed E-state index contributed by atoms with van der Waals surface area (Å²) in [5.74, 6) is 0.663. The summed E-state index contributed by atoms with van der Waals surface area (Å²) in [6, 6.07) is 5.44. The molecule has 0 aliphatic rings. The normalized spacial score (nSPS) is 10.0. The monoisotopic (exact) mass is 246 g/mol. The third-order valence-electron chi connectivity index (χ3n) is 2.11. The van der Waals surface area contributed by atoms with E-state index in [4.69, 9.17) is 27.0 Å². The zero-order valence-electron chi connectivity index (χ0n) is 8.39. The highest BCUT2D eigenvalue weighted by atomic mass is 35.5. The number of para-hydroxylation sites is 1. The van der Waals surface area contributed by atoms with Crippen LogP contribution in [0.2, 0.25) is 20.6 Å². The average Bonchev–Trinajstić information content (AvgIpc) is 2.18. The van der Waals surface area contributed by atoms with Crippen LogP contribution in [0.1, 0.15) is 13.8 Å². The molecule has 0 atom stereocenters. The Bertz CT molecular complexity index is 280. The molecule has 0 radical (unpaired) electrons. The molecule has 0 spiro atoms. The van der Waals surface area contributed by atoms with E-state index >= 15 is 0 Å². The van der Waals surface area contributed by atoms with Crippen molar-refractivity contribution in [1.82, 2.24) is 0 Å². The van der Waals surface area contributed by atoms with Crippen LogP contribution in [0, 0.1) is 0 Å². The molecule has 0 unspecified atom stereocenters. The van der Waals surface area contributed by atoms with Gasteiger partial charge in [0.05, 0.1) is 10.0 Å². The second-order valence-corrected chi connectivity index (χ2v) is 7.03. The number of hydrogen-bond acceptors (Lipinski definition) is 1. The summed E-state index contributed by atoms with van der Waals surface area (Å²) in [5.41, 5.74) is 0. The van der Waals surface area contributed by atoms with Crippen LogP contribution in [0.15, 0.2) is 18.2 Å². The largest absolute Gasteiger partial charge is 0.640 e. The predicted molar refractivity (Wildman–Crippen MR) is 63.8 cm³/mol. The van der Waals surface area contributed by atoms with Crippen molar-refractivity contribution in [3.8, 4) is 5.75 Å². The van der Waals surface area contributed by atoms with Gasteiger partial charge in [-0.25, -0.2) is 0 Å². The highest BCUT2D eigenvalue weighted by Crippen LogP contribution is 2.33. The lowest BCUT2D eigenvalue weighted by Crippen LogP contribution is -2.19. The van der Waals surface area contributed by atoms with Crippen LogP contribution in [0.3, 0.4) is 0 Å². The van der Waals surface area contributed by atoms with E-state index in [1.807, 2.05) is 6.07 Å². The molecule has 0 saturated carbocycles. The zero-order chi connectivity index (χ0) is 10.6. The number of halogens is 2. The standard InChI is InChI=1S/C6H4Cl2O.2C2H5.Al/c7-4-2-1-3-5(8)6(4)9;2*1-2;/h1-3,9H;2*1H2,2H3;/q;;;+1/p-1. The van der Waals surface area contributed by atoms with Gasteiger partial charge in [0.15, 0.2) is 0 Å². The number of benzene rings is 1. The SMILES string of the molecule is C[CH2][Al]([CH2]C)[O]c1c(Cl)cccc1Cl. The maximum atomic E-state index is 6.00. The van der Waals surface area contributed by atoms with Gasteiger partial charge in [-0.05, 0) is 12.1 Å². The van der Waals surface area contributed by atoms with Crippen molar-refractivity contribution in [3.63, 3.8) is 0 Å². The Morgan fingerprint density at radius 3 is 2.07 bits per heavy atom. The van der Waals surface area contributed by atoms with Crippen molar-refractivity contribution < 1.29 is 3.79 Å². The summed E-state index contributed by atoms with van der Waals surface area (Å²) in [5, 5.41) is 3.41. The van der Waals surface area contributed by atoms with E-state index in [0.29, 0.717) is 15.8 Å². The molecule has 0 saturated heterocycles. The van der Waals surface area contributed by atoms with E-state index in [2.05, 4.69) is 13.8 Å². The molecule has 0 aliphatic carbocycles. The first-order valence-corrected chi connectivity index (χ1v) is 7.65. The van der Waals surface area contributed by atoms with Crippen molar-refractivity contribution in [2.24, 2.45) is 0 Å². The summed E-state index contributed by atoms with van der Waals surface area (Å²) in [7, 11) is 0. The zero-order valence-corrected chi connectivity index (χ0v) is 11.1. The summed E-state index contributed by atoms with van der Waals surface area (Å²) >= 11 is 10.9. The Morgan fingerprint density at radius 2 is 1.64 bits per heavy atom. The van der Waals surface area contributed by atoms with Crippen molar-refractivity contribution in [1.29, 1.82) is 0 Å². The molecule has 4 heteroatoms. The molecule has 0 fully saturated rings. The lowest BCUT2D eigenvalue weighted by molar-refractivity contribution is 0.567. The van der Waals surface area contributed by atoms with E-state index in [9.17, 15) is 0 Å². The van der Waals surface area contributed by atoms with Gasteiger partial charge in [0, 0.05) is 0 Å². The lowest BCUT2D eigenvalue weighted by atomic mass is 10.3. The minimum Gasteiger partial charge on any atom is -0.640 e. The third kappa shape index (κ3) is 3.07. The Hall–Kier alpha value is 0.132. The predicted octanol–water partition coefficient (Wildman–Crippen LogP) is 4.40. The minimum atomic E-state index is -1.14. The van der Waals surface area contributed by atoms with Crippen molar-refractivity contribution in [2.75, 3.05) is 0 Å². The van der Waals surface area contributed by atoms with Gasteiger partial charge in [0.25, 0.3) is 0 Å².